The molecule has 69 heavy (non-hydrogen) atoms. The highest BCUT2D eigenvalue weighted by Gasteiger charge is 2.60. The first-order valence-electron chi connectivity index (χ1n) is 25.9. The summed E-state index contributed by atoms with van der Waals surface area (Å²) in [5, 5.41) is 0. The summed E-state index contributed by atoms with van der Waals surface area (Å²) in [4.78, 5) is 43.5. The van der Waals surface area contributed by atoms with E-state index in [1.807, 2.05) is 48.5 Å². The van der Waals surface area contributed by atoms with Crippen molar-refractivity contribution in [2.45, 2.75) is 147 Å². The molecular weight excluding hydrogens is 881 g/mol. The highest BCUT2D eigenvalue weighted by atomic mass is 32.2. The molecule has 9 heteroatoms. The summed E-state index contributed by atoms with van der Waals surface area (Å²) in [5.74, 6) is 2.87. The Kier molecular flexibility index (Phi) is 15.5. The molecule has 4 aromatic carbocycles. The Hall–Kier alpha value is -4.70. The maximum Gasteiger partial charge on any atom is 0.338 e. The van der Waals surface area contributed by atoms with Crippen LogP contribution < -0.4 is 0 Å². The van der Waals surface area contributed by atoms with Crippen LogP contribution >= 0.6 is 11.8 Å². The van der Waals surface area contributed by atoms with Crippen molar-refractivity contribution >= 4 is 29.7 Å². The molecule has 0 spiro atoms. The third kappa shape index (κ3) is 10.8. The monoisotopic (exact) mass is 952 g/mol. The first-order valence-corrected chi connectivity index (χ1v) is 26.9. The number of esters is 3. The molecule has 3 saturated carbocycles. The maximum atomic E-state index is 14.2. The van der Waals surface area contributed by atoms with Crippen molar-refractivity contribution in [1.82, 2.24) is 0 Å². The number of carbonyl (C=O) groups excluding carboxylic acids is 3. The second kappa shape index (κ2) is 21.7. The zero-order chi connectivity index (χ0) is 48.1. The second-order valence-corrected chi connectivity index (χ2v) is 22.8. The van der Waals surface area contributed by atoms with E-state index in [0.29, 0.717) is 39.7 Å². The molecule has 13 atom stereocenters. The van der Waals surface area contributed by atoms with Gasteiger partial charge in [0.15, 0.2) is 24.6 Å². The zero-order valence-electron chi connectivity index (χ0n) is 41.2. The van der Waals surface area contributed by atoms with Crippen molar-refractivity contribution in [3.05, 3.63) is 150 Å². The fourth-order valence-corrected chi connectivity index (χ4v) is 14.4. The molecule has 0 N–H and O–H groups in total. The Balaban J connectivity index is 1.01. The molecule has 4 fully saturated rings. The SMILES string of the molecule is CC(C)CCC[C@@H](C)[C@H]1CC[C@H]2[C@@H]3CC=C4C[C@@H](O[C@@H]5O[C@H](CSc6ccccc6)[C@H](OC(=O)c6ccccc6)[C@H](OC(=O)c6ccccc6)[C@H]5OC(=O)c5ccccc5)CC[C@]4(C)[C@H]3CC[C@]12C. The minimum absolute atomic E-state index is 0.0804. The first-order chi connectivity index (χ1) is 33.4. The van der Waals surface area contributed by atoms with Crippen LogP contribution in [0.25, 0.3) is 0 Å². The topological polar surface area (TPSA) is 97.4 Å². The number of benzene rings is 4. The van der Waals surface area contributed by atoms with Crippen LogP contribution in [0.5, 0.6) is 0 Å². The number of ether oxygens (including phenoxy) is 5. The van der Waals surface area contributed by atoms with Gasteiger partial charge in [-0.3, -0.25) is 0 Å². The van der Waals surface area contributed by atoms with E-state index in [2.05, 4.69) is 40.7 Å². The normalized spacial score (nSPS) is 32.1. The maximum absolute atomic E-state index is 14.2. The van der Waals surface area contributed by atoms with E-state index in [1.165, 1.54) is 62.3 Å². The van der Waals surface area contributed by atoms with Crippen molar-refractivity contribution in [1.29, 1.82) is 0 Å². The van der Waals surface area contributed by atoms with Crippen molar-refractivity contribution in [2.75, 3.05) is 5.75 Å². The van der Waals surface area contributed by atoms with Crippen molar-refractivity contribution in [2.24, 2.45) is 46.3 Å². The summed E-state index contributed by atoms with van der Waals surface area (Å²) in [6.45, 7) is 12.4. The predicted molar refractivity (Wildman–Crippen MR) is 271 cm³/mol. The van der Waals surface area contributed by atoms with Gasteiger partial charge < -0.3 is 23.7 Å². The van der Waals surface area contributed by atoms with Gasteiger partial charge in [-0.25, -0.2) is 14.4 Å². The highest BCUT2D eigenvalue weighted by molar-refractivity contribution is 7.99. The van der Waals surface area contributed by atoms with Gasteiger partial charge in [-0.1, -0.05) is 138 Å². The summed E-state index contributed by atoms with van der Waals surface area (Å²) in [6.07, 6.45) is 9.51. The third-order valence-corrected chi connectivity index (χ3v) is 18.2. The van der Waals surface area contributed by atoms with E-state index < -0.39 is 48.6 Å². The highest BCUT2D eigenvalue weighted by Crippen LogP contribution is 2.67. The number of fused-ring (bicyclic) bond motifs is 5. The predicted octanol–water partition coefficient (Wildman–Crippen LogP) is 13.6. The van der Waals surface area contributed by atoms with E-state index in [-0.39, 0.29) is 11.5 Å². The molecule has 4 aliphatic carbocycles. The van der Waals surface area contributed by atoms with Gasteiger partial charge in [-0.15, -0.1) is 11.8 Å². The van der Waals surface area contributed by atoms with Crippen LogP contribution in [0.15, 0.2) is 138 Å². The van der Waals surface area contributed by atoms with Crippen molar-refractivity contribution in [3.63, 3.8) is 0 Å². The van der Waals surface area contributed by atoms with Crippen molar-refractivity contribution in [3.8, 4) is 0 Å². The van der Waals surface area contributed by atoms with Crippen LogP contribution in [0.1, 0.15) is 136 Å². The molecule has 0 unspecified atom stereocenters. The minimum atomic E-state index is -1.30. The summed E-state index contributed by atoms with van der Waals surface area (Å²) in [7, 11) is 0. The zero-order valence-corrected chi connectivity index (χ0v) is 42.0. The molecular formula is C60H72O8S. The van der Waals surface area contributed by atoms with Crippen molar-refractivity contribution < 1.29 is 38.1 Å². The van der Waals surface area contributed by atoms with Gasteiger partial charge in [0.05, 0.1) is 22.8 Å². The van der Waals surface area contributed by atoms with Gasteiger partial charge in [0.2, 0.25) is 0 Å². The van der Waals surface area contributed by atoms with Crippen LogP contribution in [-0.2, 0) is 23.7 Å². The van der Waals surface area contributed by atoms with Gasteiger partial charge in [-0.05, 0) is 146 Å². The third-order valence-electron chi connectivity index (χ3n) is 17.1. The lowest BCUT2D eigenvalue weighted by Crippen LogP contribution is -2.63. The van der Waals surface area contributed by atoms with Gasteiger partial charge in [0.1, 0.15) is 6.10 Å². The molecule has 366 valence electrons. The first kappa shape index (κ1) is 49.3. The molecule has 4 aromatic rings. The number of hydrogen-bond acceptors (Lipinski definition) is 9. The Morgan fingerprint density at radius 1 is 0.652 bits per heavy atom. The fraction of sp³-hybridized carbons (Fsp3) is 0.517. The standard InChI is InChI=1S/C60H72O8S/c1-39(2)19-18-20-40(3)48-31-32-49-47-30-29-44-37-45(33-35-59(44,4)50(47)34-36-60(48,49)5)64-58-54(68-57(63)43-25-14-8-15-26-43)53(67-56(62)42-23-12-7-13-24-42)52(66-55(61)41-21-10-6-11-22-41)51(65-58)38-69-46-27-16-9-17-28-46/h6-17,21-29,39-40,45,47-54,58H,18-20,30-38H2,1-5H3/t40-,45+,47+,48-,49+,50+,51-,52+,53+,54-,58-,59+,60-/m1/s1. The smallest absolute Gasteiger partial charge is 0.338 e. The van der Waals surface area contributed by atoms with E-state index in [1.54, 1.807) is 72.8 Å². The summed E-state index contributed by atoms with van der Waals surface area (Å²) >= 11 is 1.54. The van der Waals surface area contributed by atoms with E-state index in [9.17, 15) is 14.4 Å². The molecule has 1 aliphatic heterocycles. The molecule has 8 nitrogen and oxygen atoms in total. The summed E-state index contributed by atoms with van der Waals surface area (Å²) in [6, 6.07) is 36.0. The lowest BCUT2D eigenvalue weighted by atomic mass is 9.47. The van der Waals surface area contributed by atoms with E-state index in [4.69, 9.17) is 23.7 Å². The average molecular weight is 953 g/mol. The Labute approximate surface area is 414 Å². The molecule has 0 amide bonds. The lowest BCUT2D eigenvalue weighted by Gasteiger charge is -2.58. The number of carbonyl (C=O) groups is 3. The molecule has 9 rings (SSSR count). The van der Waals surface area contributed by atoms with E-state index in [0.717, 1.165) is 54.3 Å². The molecule has 0 radical (unpaired) electrons. The van der Waals surface area contributed by atoms with Crippen LogP contribution in [0.4, 0.5) is 0 Å². The van der Waals surface area contributed by atoms with Crippen LogP contribution in [0.2, 0.25) is 0 Å². The van der Waals surface area contributed by atoms with Crippen LogP contribution in [0.3, 0.4) is 0 Å². The van der Waals surface area contributed by atoms with E-state index >= 15 is 0 Å². The number of rotatable bonds is 16. The summed E-state index contributed by atoms with van der Waals surface area (Å²) < 4.78 is 33.4. The second-order valence-electron chi connectivity index (χ2n) is 21.7. The van der Waals surface area contributed by atoms with Gasteiger partial charge in [0, 0.05) is 10.6 Å². The fourth-order valence-electron chi connectivity index (χ4n) is 13.5. The lowest BCUT2D eigenvalue weighted by molar-refractivity contribution is -0.302. The number of allylic oxidation sites excluding steroid dienone is 1. The molecule has 1 saturated heterocycles. The van der Waals surface area contributed by atoms with Gasteiger partial charge in [0.25, 0.3) is 0 Å². The molecule has 0 aromatic heterocycles. The molecule has 5 aliphatic rings. The van der Waals surface area contributed by atoms with Gasteiger partial charge >= 0.3 is 17.9 Å². The quantitative estimate of drug-likeness (QED) is 0.0471. The average Bonchev–Trinajstić information content (AvgIpc) is 3.73. The molecule has 0 bridgehead atoms. The Morgan fingerprint density at radius 3 is 1.81 bits per heavy atom. The largest absolute Gasteiger partial charge is 0.452 e. The number of thioether (sulfide) groups is 1. The van der Waals surface area contributed by atoms with Crippen LogP contribution in [0, 0.1) is 46.3 Å². The Bertz CT molecular complexity index is 2370. The molecule has 1 heterocycles. The van der Waals surface area contributed by atoms with Gasteiger partial charge in [-0.2, -0.15) is 0 Å². The number of hydrogen-bond donors (Lipinski definition) is 0. The minimum Gasteiger partial charge on any atom is -0.452 e. The van der Waals surface area contributed by atoms with Crippen LogP contribution in [-0.4, -0.2) is 60.5 Å². The Morgan fingerprint density at radius 2 is 1.22 bits per heavy atom. The summed E-state index contributed by atoms with van der Waals surface area (Å²) in [5.41, 5.74) is 2.90.